The molecular weight excluding hydrogens is 336 g/mol. The predicted octanol–water partition coefficient (Wildman–Crippen LogP) is -1.10. The normalized spacial score (nSPS) is 28.0. The third-order valence-corrected chi connectivity index (χ3v) is 5.45. The molecule has 1 unspecified atom stereocenters. The van der Waals surface area contributed by atoms with E-state index in [9.17, 15) is 14.7 Å². The van der Waals surface area contributed by atoms with Crippen LogP contribution in [0.1, 0.15) is 0 Å². The number of morpholine rings is 1. The van der Waals surface area contributed by atoms with E-state index in [2.05, 4.69) is 10.1 Å². The quantitative estimate of drug-likeness (QED) is 0.267. The van der Waals surface area contributed by atoms with Gasteiger partial charge in [-0.15, -0.1) is 11.8 Å². The highest BCUT2D eigenvalue weighted by Crippen LogP contribution is 2.38. The number of thioether (sulfide) groups is 1. The zero-order chi connectivity index (χ0) is 17.1. The summed E-state index contributed by atoms with van der Waals surface area (Å²) in [6.45, 7) is 4.34. The molecule has 1 amide bonds. The van der Waals surface area contributed by atoms with Gasteiger partial charge in [0.25, 0.3) is 0 Å². The number of rotatable bonds is 6. The lowest BCUT2D eigenvalue weighted by molar-refractivity contribution is -0.147. The number of hydrogen-bond donors (Lipinski definition) is 2. The first-order chi connectivity index (χ1) is 11.6. The number of amides is 1. The van der Waals surface area contributed by atoms with Crippen LogP contribution in [-0.2, 0) is 19.2 Å². The van der Waals surface area contributed by atoms with Gasteiger partial charge in [0.05, 0.1) is 19.4 Å². The van der Waals surface area contributed by atoms with Crippen molar-refractivity contribution in [1.29, 1.82) is 0 Å². The van der Waals surface area contributed by atoms with Crippen molar-refractivity contribution in [3.8, 4) is 0 Å². The van der Waals surface area contributed by atoms with Crippen molar-refractivity contribution in [3.05, 3.63) is 11.3 Å². The molecule has 10 heteroatoms. The molecule has 2 fully saturated rings. The number of oxime groups is 1. The molecule has 3 aliphatic heterocycles. The predicted molar refractivity (Wildman–Crippen MR) is 87.4 cm³/mol. The van der Waals surface area contributed by atoms with Gasteiger partial charge in [-0.1, -0.05) is 5.16 Å². The minimum Gasteiger partial charge on any atom is -0.477 e. The molecule has 0 radical (unpaired) electrons. The van der Waals surface area contributed by atoms with E-state index >= 15 is 0 Å². The van der Waals surface area contributed by atoms with Crippen LogP contribution in [0, 0.1) is 0 Å². The molecular formula is C14H20N4O5S. The van der Waals surface area contributed by atoms with Gasteiger partial charge in [0.1, 0.15) is 23.7 Å². The van der Waals surface area contributed by atoms with Crippen LogP contribution in [0.4, 0.5) is 0 Å². The molecule has 132 valence electrons. The number of carbonyl (C=O) groups is 2. The van der Waals surface area contributed by atoms with E-state index in [1.165, 1.54) is 22.9 Å². The number of hydrogen-bond acceptors (Lipinski definition) is 8. The molecule has 24 heavy (non-hydrogen) atoms. The van der Waals surface area contributed by atoms with E-state index in [1.54, 1.807) is 0 Å². The van der Waals surface area contributed by atoms with Gasteiger partial charge < -0.3 is 20.4 Å². The van der Waals surface area contributed by atoms with Crippen molar-refractivity contribution >= 4 is 29.9 Å². The maximum Gasteiger partial charge on any atom is 0.353 e. The summed E-state index contributed by atoms with van der Waals surface area (Å²) in [6.07, 6.45) is 1.38. The van der Waals surface area contributed by atoms with Crippen molar-refractivity contribution in [2.45, 2.75) is 11.4 Å². The zero-order valence-electron chi connectivity index (χ0n) is 13.1. The Hall–Kier alpha value is -1.62. The summed E-state index contributed by atoms with van der Waals surface area (Å²) in [5, 5.41) is 12.9. The van der Waals surface area contributed by atoms with Crippen LogP contribution < -0.4 is 5.73 Å². The molecule has 0 aromatic heterocycles. The van der Waals surface area contributed by atoms with Gasteiger partial charge in [0.2, 0.25) is 5.91 Å². The van der Waals surface area contributed by atoms with Crippen molar-refractivity contribution in [2.75, 3.05) is 45.2 Å². The number of nitrogens with two attached hydrogens (primary N) is 1. The Morgan fingerprint density at radius 1 is 1.50 bits per heavy atom. The molecule has 0 aromatic rings. The summed E-state index contributed by atoms with van der Waals surface area (Å²) in [4.78, 5) is 31.9. The minimum atomic E-state index is -1.16. The first-order valence-corrected chi connectivity index (χ1v) is 8.76. The largest absolute Gasteiger partial charge is 0.477 e. The summed E-state index contributed by atoms with van der Waals surface area (Å²) in [6, 6.07) is -0.632. The molecule has 3 heterocycles. The van der Waals surface area contributed by atoms with E-state index < -0.39 is 12.0 Å². The van der Waals surface area contributed by atoms with Crippen molar-refractivity contribution in [2.24, 2.45) is 10.9 Å². The van der Waals surface area contributed by atoms with Gasteiger partial charge in [-0.2, -0.15) is 0 Å². The first kappa shape index (κ1) is 17.2. The Labute approximate surface area is 143 Å². The highest BCUT2D eigenvalue weighted by molar-refractivity contribution is 8.00. The number of ether oxygens (including phenoxy) is 1. The standard InChI is InChI=1S/C14H20N4O5S/c15-10-12(19)18-11(14(20)21)9(8-24-13(10)18)7-16-23-6-3-17-1-4-22-5-2-17/h7,10,13H,1-6,8,15H2,(H,20,21)/t10?,13-/m1/s1. The highest BCUT2D eigenvalue weighted by atomic mass is 32.2. The molecule has 3 aliphatic rings. The fourth-order valence-electron chi connectivity index (χ4n) is 2.79. The Morgan fingerprint density at radius 2 is 2.25 bits per heavy atom. The molecule has 0 bridgehead atoms. The Morgan fingerprint density at radius 3 is 2.96 bits per heavy atom. The van der Waals surface area contributed by atoms with Gasteiger partial charge in [0.15, 0.2) is 0 Å². The number of carbonyl (C=O) groups excluding carboxylic acids is 1. The molecule has 2 saturated heterocycles. The highest BCUT2D eigenvalue weighted by Gasteiger charge is 2.51. The van der Waals surface area contributed by atoms with Crippen molar-refractivity contribution < 1.29 is 24.3 Å². The summed E-state index contributed by atoms with van der Waals surface area (Å²) < 4.78 is 5.26. The minimum absolute atomic E-state index is 0.0500. The van der Waals surface area contributed by atoms with Crippen molar-refractivity contribution in [3.63, 3.8) is 0 Å². The molecule has 0 saturated carbocycles. The van der Waals surface area contributed by atoms with Crippen LogP contribution >= 0.6 is 11.8 Å². The number of fused-ring (bicyclic) bond motifs is 1. The number of nitrogens with zero attached hydrogens (tertiary/aromatic N) is 3. The van der Waals surface area contributed by atoms with Crippen LogP contribution in [0.3, 0.4) is 0 Å². The fourth-order valence-corrected chi connectivity index (χ4v) is 4.03. The topological polar surface area (TPSA) is 118 Å². The monoisotopic (exact) mass is 356 g/mol. The Bertz CT molecular complexity index is 576. The Kier molecular flexibility index (Phi) is 5.39. The van der Waals surface area contributed by atoms with Crippen LogP contribution in [0.15, 0.2) is 16.4 Å². The zero-order valence-corrected chi connectivity index (χ0v) is 13.9. The summed E-state index contributed by atoms with van der Waals surface area (Å²) in [5.41, 5.74) is 6.10. The van der Waals surface area contributed by atoms with Crippen LogP contribution in [0.25, 0.3) is 0 Å². The van der Waals surface area contributed by atoms with Crippen LogP contribution in [0.2, 0.25) is 0 Å². The van der Waals surface area contributed by atoms with Gasteiger partial charge in [0, 0.05) is 31.0 Å². The average molecular weight is 356 g/mol. The number of carboxylic acids is 1. The number of carboxylic acid groups (broad SMARTS) is 1. The second-order valence-corrected chi connectivity index (χ2v) is 6.74. The SMILES string of the molecule is NC1C(=O)N2C(C(=O)O)=C(C=NOCCN3CCOCC3)CS[C@H]12. The smallest absolute Gasteiger partial charge is 0.353 e. The summed E-state index contributed by atoms with van der Waals surface area (Å²) in [5.74, 6) is -1.10. The molecule has 3 rings (SSSR count). The summed E-state index contributed by atoms with van der Waals surface area (Å²) >= 11 is 1.43. The lowest BCUT2D eigenvalue weighted by Gasteiger charge is -2.47. The third kappa shape index (κ3) is 3.41. The number of β-lactam (4-membered cyclic amide) rings is 1. The fraction of sp³-hybridized carbons (Fsp3) is 0.643. The first-order valence-electron chi connectivity index (χ1n) is 7.71. The van der Waals surface area contributed by atoms with Gasteiger partial charge in [-0.3, -0.25) is 14.6 Å². The average Bonchev–Trinajstić information content (AvgIpc) is 2.60. The molecule has 0 aromatic carbocycles. The number of aliphatic carboxylic acids is 1. The lowest BCUT2D eigenvalue weighted by Crippen LogP contribution is -2.68. The van der Waals surface area contributed by atoms with E-state index in [1.807, 2.05) is 0 Å². The molecule has 9 nitrogen and oxygen atoms in total. The van der Waals surface area contributed by atoms with Gasteiger partial charge in [-0.25, -0.2) is 4.79 Å². The van der Waals surface area contributed by atoms with Crippen LogP contribution in [0.5, 0.6) is 0 Å². The second kappa shape index (κ2) is 7.51. The van der Waals surface area contributed by atoms with E-state index in [0.717, 1.165) is 32.8 Å². The third-order valence-electron chi connectivity index (χ3n) is 4.13. The molecule has 2 atom stereocenters. The summed E-state index contributed by atoms with van der Waals surface area (Å²) in [7, 11) is 0. The maximum absolute atomic E-state index is 11.8. The molecule has 3 N–H and O–H groups in total. The van der Waals surface area contributed by atoms with E-state index in [0.29, 0.717) is 17.9 Å². The Balaban J connectivity index is 1.56. The lowest BCUT2D eigenvalue weighted by atomic mass is 10.0. The second-order valence-electron chi connectivity index (χ2n) is 5.64. The van der Waals surface area contributed by atoms with E-state index in [-0.39, 0.29) is 17.0 Å². The van der Waals surface area contributed by atoms with Gasteiger partial charge >= 0.3 is 5.97 Å². The van der Waals surface area contributed by atoms with E-state index in [4.69, 9.17) is 15.3 Å². The molecule has 0 spiro atoms. The maximum atomic E-state index is 11.8. The van der Waals surface area contributed by atoms with Crippen LogP contribution in [-0.4, -0.2) is 89.6 Å². The molecule has 0 aliphatic carbocycles. The van der Waals surface area contributed by atoms with Gasteiger partial charge in [-0.05, 0) is 0 Å². The van der Waals surface area contributed by atoms with Crippen molar-refractivity contribution in [1.82, 2.24) is 9.80 Å².